The summed E-state index contributed by atoms with van der Waals surface area (Å²) in [5, 5.41) is 3.49. The van der Waals surface area contributed by atoms with Crippen LogP contribution in [0.25, 0.3) is 0 Å². The number of Topliss-reactive ketones (excluding diaryl/α,β-unsaturated/α-hetero) is 1. The van der Waals surface area contributed by atoms with Crippen molar-refractivity contribution in [2.75, 3.05) is 20.7 Å². The molecule has 0 aromatic heterocycles. The molecule has 0 unspecified atom stereocenters. The number of rotatable bonds is 5. The Hall–Kier alpha value is -2.92. The summed E-state index contributed by atoms with van der Waals surface area (Å²) in [6, 6.07) is 17.9. The minimum atomic E-state index is -0.268. The molecule has 30 heavy (non-hydrogen) atoms. The highest BCUT2D eigenvalue weighted by atomic mass is 16.5. The van der Waals surface area contributed by atoms with Crippen molar-refractivity contribution in [3.63, 3.8) is 0 Å². The Morgan fingerprint density at radius 2 is 1.67 bits per heavy atom. The standard InChI is InChI=1S/C25H28N2O3/c1-4-30-23-13-9-8-12-19(23)20-16-24(29)27(26(2)3)21-14-18(15-22(28)25(20)21)17-10-6-5-7-11-17/h5-13,18,20H,4,14-16H2,1-3H3/t18-,20+/m1/s1. The normalized spacial score (nSPS) is 21.8. The number of amides is 1. The molecule has 1 amide bonds. The van der Waals surface area contributed by atoms with Crippen molar-refractivity contribution in [2.45, 2.75) is 38.0 Å². The van der Waals surface area contributed by atoms with Gasteiger partial charge in [0, 0.05) is 49.7 Å². The molecular weight excluding hydrogens is 376 g/mol. The van der Waals surface area contributed by atoms with Crippen LogP contribution < -0.4 is 4.74 Å². The van der Waals surface area contributed by atoms with Crippen LogP contribution in [0, 0.1) is 0 Å². The van der Waals surface area contributed by atoms with Crippen molar-refractivity contribution in [3.05, 3.63) is 77.0 Å². The average molecular weight is 405 g/mol. The molecule has 0 saturated carbocycles. The molecule has 0 spiro atoms. The quantitative estimate of drug-likeness (QED) is 0.746. The lowest BCUT2D eigenvalue weighted by atomic mass is 9.73. The predicted octanol–water partition coefficient (Wildman–Crippen LogP) is 4.28. The molecule has 0 radical (unpaired) electrons. The molecular formula is C25H28N2O3. The highest BCUT2D eigenvalue weighted by Crippen LogP contribution is 2.47. The molecule has 156 valence electrons. The summed E-state index contributed by atoms with van der Waals surface area (Å²) in [7, 11) is 3.71. The summed E-state index contributed by atoms with van der Waals surface area (Å²) >= 11 is 0. The van der Waals surface area contributed by atoms with Gasteiger partial charge in [-0.1, -0.05) is 48.5 Å². The number of hydrogen-bond donors (Lipinski definition) is 0. The molecule has 5 heteroatoms. The minimum absolute atomic E-state index is 0.0107. The van der Waals surface area contributed by atoms with E-state index >= 15 is 0 Å². The third-order valence-electron chi connectivity index (χ3n) is 5.97. The summed E-state index contributed by atoms with van der Waals surface area (Å²) in [5.74, 6) is 0.697. The van der Waals surface area contributed by atoms with E-state index < -0.39 is 0 Å². The van der Waals surface area contributed by atoms with Crippen molar-refractivity contribution in [1.82, 2.24) is 10.0 Å². The first-order valence-corrected chi connectivity index (χ1v) is 10.5. The lowest BCUT2D eigenvalue weighted by Crippen LogP contribution is -2.48. The maximum Gasteiger partial charge on any atom is 0.242 e. The van der Waals surface area contributed by atoms with Gasteiger partial charge in [-0.25, -0.2) is 10.0 Å². The van der Waals surface area contributed by atoms with Crippen LogP contribution in [0.15, 0.2) is 65.9 Å². The van der Waals surface area contributed by atoms with Gasteiger partial charge in [0.2, 0.25) is 5.91 Å². The number of hydrazine groups is 1. The van der Waals surface area contributed by atoms with Crippen LogP contribution in [0.4, 0.5) is 0 Å². The predicted molar refractivity (Wildman–Crippen MR) is 116 cm³/mol. The van der Waals surface area contributed by atoms with Gasteiger partial charge < -0.3 is 4.74 Å². The van der Waals surface area contributed by atoms with E-state index in [1.165, 1.54) is 0 Å². The van der Waals surface area contributed by atoms with Crippen molar-refractivity contribution in [1.29, 1.82) is 0 Å². The van der Waals surface area contributed by atoms with Gasteiger partial charge >= 0.3 is 0 Å². The van der Waals surface area contributed by atoms with Crippen LogP contribution in [0.1, 0.15) is 49.1 Å². The maximum atomic E-state index is 13.5. The second-order valence-electron chi connectivity index (χ2n) is 8.08. The fraction of sp³-hybridized carbons (Fsp3) is 0.360. The fourth-order valence-corrected chi connectivity index (χ4v) is 4.77. The van der Waals surface area contributed by atoms with E-state index in [-0.39, 0.29) is 29.9 Å². The van der Waals surface area contributed by atoms with E-state index in [2.05, 4.69) is 12.1 Å². The molecule has 0 fully saturated rings. The Kier molecular flexibility index (Phi) is 5.73. The van der Waals surface area contributed by atoms with E-state index in [0.29, 0.717) is 19.4 Å². The van der Waals surface area contributed by atoms with Gasteiger partial charge in [-0.2, -0.15) is 0 Å². The number of carbonyl (C=O) groups excluding carboxylic acids is 2. The van der Waals surface area contributed by atoms with Crippen LogP contribution in [0.3, 0.4) is 0 Å². The number of para-hydroxylation sites is 1. The molecule has 4 rings (SSSR count). The number of allylic oxidation sites excluding steroid dienone is 2. The Balaban J connectivity index is 1.83. The second kappa shape index (κ2) is 8.44. The molecule has 0 bridgehead atoms. The van der Waals surface area contributed by atoms with E-state index in [1.807, 2.05) is 63.5 Å². The summed E-state index contributed by atoms with van der Waals surface area (Å²) in [6.07, 6.45) is 1.40. The molecule has 2 aliphatic rings. The lowest BCUT2D eigenvalue weighted by molar-refractivity contribution is -0.143. The zero-order valence-corrected chi connectivity index (χ0v) is 17.8. The van der Waals surface area contributed by atoms with Gasteiger partial charge in [0.05, 0.1) is 6.61 Å². The summed E-state index contributed by atoms with van der Waals surface area (Å²) in [5.41, 5.74) is 3.66. The van der Waals surface area contributed by atoms with Crippen LogP contribution >= 0.6 is 0 Å². The van der Waals surface area contributed by atoms with Gasteiger partial charge in [0.15, 0.2) is 5.78 Å². The molecule has 1 heterocycles. The number of ether oxygens (including phenoxy) is 1. The van der Waals surface area contributed by atoms with Gasteiger partial charge in [-0.15, -0.1) is 0 Å². The molecule has 2 aromatic carbocycles. The molecule has 2 atom stereocenters. The minimum Gasteiger partial charge on any atom is -0.494 e. The molecule has 1 aliphatic heterocycles. The van der Waals surface area contributed by atoms with Gasteiger partial charge in [0.25, 0.3) is 0 Å². The molecule has 2 aromatic rings. The Bertz CT molecular complexity index is 981. The average Bonchev–Trinajstić information content (AvgIpc) is 2.74. The number of ketones is 1. The number of carbonyl (C=O) groups is 2. The first-order valence-electron chi connectivity index (χ1n) is 10.5. The van der Waals surface area contributed by atoms with Gasteiger partial charge in [-0.3, -0.25) is 9.59 Å². The molecule has 0 N–H and O–H groups in total. The molecule has 5 nitrogen and oxygen atoms in total. The highest BCUT2D eigenvalue weighted by Gasteiger charge is 2.43. The monoisotopic (exact) mass is 404 g/mol. The Morgan fingerprint density at radius 1 is 0.967 bits per heavy atom. The van der Waals surface area contributed by atoms with Gasteiger partial charge in [-0.05, 0) is 30.9 Å². The van der Waals surface area contributed by atoms with Crippen LogP contribution in [-0.4, -0.2) is 42.4 Å². The lowest BCUT2D eigenvalue weighted by Gasteiger charge is -2.43. The largest absolute Gasteiger partial charge is 0.494 e. The first-order chi connectivity index (χ1) is 14.5. The van der Waals surface area contributed by atoms with Gasteiger partial charge in [0.1, 0.15) is 5.75 Å². The first kappa shape index (κ1) is 20.4. The van der Waals surface area contributed by atoms with Crippen molar-refractivity contribution in [3.8, 4) is 5.75 Å². The third kappa shape index (κ3) is 3.65. The molecule has 0 saturated heterocycles. The van der Waals surface area contributed by atoms with Crippen LogP contribution in [-0.2, 0) is 9.59 Å². The van der Waals surface area contributed by atoms with E-state index in [0.717, 1.165) is 28.1 Å². The Labute approximate surface area is 177 Å². The fourth-order valence-electron chi connectivity index (χ4n) is 4.77. The summed E-state index contributed by atoms with van der Waals surface area (Å²) < 4.78 is 5.84. The summed E-state index contributed by atoms with van der Waals surface area (Å²) in [6.45, 7) is 2.48. The Morgan fingerprint density at radius 3 is 2.37 bits per heavy atom. The topological polar surface area (TPSA) is 49.9 Å². The zero-order valence-electron chi connectivity index (χ0n) is 17.8. The highest BCUT2D eigenvalue weighted by molar-refractivity contribution is 6.02. The number of nitrogens with zero attached hydrogens (tertiary/aromatic N) is 2. The third-order valence-corrected chi connectivity index (χ3v) is 5.97. The maximum absolute atomic E-state index is 13.5. The van der Waals surface area contributed by atoms with Crippen molar-refractivity contribution in [2.24, 2.45) is 0 Å². The van der Waals surface area contributed by atoms with E-state index in [9.17, 15) is 9.59 Å². The SMILES string of the molecule is CCOc1ccccc1[C@@H]1CC(=O)N(N(C)C)C2=C1C(=O)C[C@H](c1ccccc1)C2. The van der Waals surface area contributed by atoms with Crippen molar-refractivity contribution >= 4 is 11.7 Å². The zero-order chi connectivity index (χ0) is 21.3. The second-order valence-corrected chi connectivity index (χ2v) is 8.08. The summed E-state index contributed by atoms with van der Waals surface area (Å²) in [4.78, 5) is 26.7. The van der Waals surface area contributed by atoms with E-state index in [4.69, 9.17) is 4.74 Å². The number of hydrogen-bond acceptors (Lipinski definition) is 4. The van der Waals surface area contributed by atoms with Crippen LogP contribution in [0.2, 0.25) is 0 Å². The smallest absolute Gasteiger partial charge is 0.242 e. The number of benzene rings is 2. The van der Waals surface area contributed by atoms with Crippen LogP contribution in [0.5, 0.6) is 5.75 Å². The van der Waals surface area contributed by atoms with E-state index in [1.54, 1.807) is 10.0 Å². The van der Waals surface area contributed by atoms with Crippen molar-refractivity contribution < 1.29 is 14.3 Å². The molecule has 1 aliphatic carbocycles.